The molecule has 3 fully saturated rings. The van der Waals surface area contributed by atoms with Crippen LogP contribution in [0.2, 0.25) is 0 Å². The van der Waals surface area contributed by atoms with Crippen LogP contribution in [-0.2, 0) is 16.6 Å². The summed E-state index contributed by atoms with van der Waals surface area (Å²) in [5, 5.41) is 35.8. The molecule has 0 unspecified atom stereocenters. The fraction of sp³-hybridized carbons (Fsp3) is 0.516. The van der Waals surface area contributed by atoms with Crippen molar-refractivity contribution in [3.8, 4) is 11.5 Å². The van der Waals surface area contributed by atoms with Crippen molar-refractivity contribution in [1.29, 1.82) is 0 Å². The van der Waals surface area contributed by atoms with Crippen LogP contribution >= 0.6 is 0 Å². The van der Waals surface area contributed by atoms with E-state index in [0.717, 1.165) is 24.2 Å². The van der Waals surface area contributed by atoms with Gasteiger partial charge in [0.2, 0.25) is 5.91 Å². The number of phenols is 1. The molecule has 1 saturated heterocycles. The maximum absolute atomic E-state index is 13.4. The van der Waals surface area contributed by atoms with Crippen LogP contribution in [0.25, 0.3) is 6.08 Å². The number of hydrogen-bond acceptors (Lipinski definition) is 7. The molecule has 3 aliphatic carbocycles. The van der Waals surface area contributed by atoms with Crippen LogP contribution in [0.5, 0.6) is 11.5 Å². The highest BCUT2D eigenvalue weighted by atomic mass is 16.6. The van der Waals surface area contributed by atoms with E-state index in [0.29, 0.717) is 42.7 Å². The predicted molar refractivity (Wildman–Crippen MR) is 148 cm³/mol. The maximum atomic E-state index is 13.4. The van der Waals surface area contributed by atoms with Gasteiger partial charge in [0, 0.05) is 36.8 Å². The Morgan fingerprint density at radius 3 is 2.80 bits per heavy atom. The lowest BCUT2D eigenvalue weighted by Gasteiger charge is -2.64. The van der Waals surface area contributed by atoms with Crippen LogP contribution in [-0.4, -0.2) is 74.8 Å². The van der Waals surface area contributed by atoms with Crippen LogP contribution in [0, 0.1) is 23.0 Å². The second-order valence-corrected chi connectivity index (χ2v) is 12.5. The van der Waals surface area contributed by atoms with Gasteiger partial charge in [0.15, 0.2) is 11.5 Å². The van der Waals surface area contributed by atoms with Gasteiger partial charge in [-0.15, -0.1) is 0 Å². The maximum Gasteiger partial charge on any atom is 0.276 e. The van der Waals surface area contributed by atoms with Crippen molar-refractivity contribution in [3.05, 3.63) is 68.8 Å². The molecule has 210 valence electrons. The monoisotopic (exact) mass is 545 g/mol. The molecule has 40 heavy (non-hydrogen) atoms. The predicted octanol–water partition coefficient (Wildman–Crippen LogP) is 3.71. The highest BCUT2D eigenvalue weighted by molar-refractivity contribution is 5.92. The Morgan fingerprint density at radius 2 is 2.08 bits per heavy atom. The number of aliphatic hydroxyl groups is 1. The zero-order chi connectivity index (χ0) is 28.0. The molecule has 0 aromatic heterocycles. The molecule has 2 saturated carbocycles. The van der Waals surface area contributed by atoms with Gasteiger partial charge in [0.05, 0.1) is 28.0 Å². The number of phenolic OH excluding ortho intramolecular Hbond substituents is 1. The minimum atomic E-state index is -1.18. The Balaban J connectivity index is 1.30. The zero-order valence-corrected chi connectivity index (χ0v) is 22.9. The van der Waals surface area contributed by atoms with E-state index in [9.17, 15) is 25.1 Å². The molecule has 1 spiro atoms. The van der Waals surface area contributed by atoms with Gasteiger partial charge in [0.1, 0.15) is 6.10 Å². The van der Waals surface area contributed by atoms with Gasteiger partial charge >= 0.3 is 0 Å². The minimum Gasteiger partial charge on any atom is -0.504 e. The third-order valence-electron chi connectivity index (χ3n) is 10.3. The van der Waals surface area contributed by atoms with Crippen LogP contribution < -0.4 is 4.74 Å². The number of nitro benzene ring substituents is 1. The van der Waals surface area contributed by atoms with Crippen molar-refractivity contribution < 1.29 is 24.7 Å². The van der Waals surface area contributed by atoms with E-state index in [-0.39, 0.29) is 35.2 Å². The SMILES string of the molecule is Cc1cccc(/C=C/C(=O)N(C)[C@H]2CC[C@@]3(O)[C@H]4Cc5c([N+](=O)[O-])cc(O)c6c5[C@@]3(CCN4CC3CC3)[C@H]2O6)c1. The summed E-state index contributed by atoms with van der Waals surface area (Å²) in [6, 6.07) is 8.45. The normalized spacial score (nSPS) is 32.0. The summed E-state index contributed by atoms with van der Waals surface area (Å²) in [5.74, 6) is 0.394. The van der Waals surface area contributed by atoms with E-state index in [1.54, 1.807) is 24.1 Å². The smallest absolute Gasteiger partial charge is 0.276 e. The van der Waals surface area contributed by atoms with Gasteiger partial charge in [-0.1, -0.05) is 29.8 Å². The van der Waals surface area contributed by atoms with E-state index < -0.39 is 22.0 Å². The second kappa shape index (κ2) is 8.78. The van der Waals surface area contributed by atoms with Crippen molar-refractivity contribution >= 4 is 17.7 Å². The standard InChI is InChI=1S/C31H35N3O6/c1-18-4-3-5-19(14-18)8-9-26(36)32(2)22-10-11-31(37)25-15-21-23(34(38)39)16-24(35)28-27(21)30(31,29(22)40-28)12-13-33(25)17-20-6-7-20/h3-5,8-9,14,16,20,22,25,29,35,37H,6-7,10-13,15,17H2,1-2H3/b9-8+/t22-,25+,29-,30-,31+/m0/s1. The van der Waals surface area contributed by atoms with Gasteiger partial charge in [-0.2, -0.15) is 0 Å². The largest absolute Gasteiger partial charge is 0.504 e. The summed E-state index contributed by atoms with van der Waals surface area (Å²) in [6.45, 7) is 3.63. The summed E-state index contributed by atoms with van der Waals surface area (Å²) >= 11 is 0. The molecule has 2 bridgehead atoms. The number of aromatic hydroxyl groups is 1. The van der Waals surface area contributed by atoms with Crippen LogP contribution in [0.15, 0.2) is 36.4 Å². The van der Waals surface area contributed by atoms with E-state index in [1.807, 2.05) is 31.2 Å². The van der Waals surface area contributed by atoms with Crippen LogP contribution in [0.3, 0.4) is 0 Å². The molecular weight excluding hydrogens is 510 g/mol. The Bertz CT molecular complexity index is 1450. The lowest BCUT2D eigenvalue weighted by atomic mass is 9.48. The summed E-state index contributed by atoms with van der Waals surface area (Å²) in [6.07, 6.45) is 6.97. The first-order valence-electron chi connectivity index (χ1n) is 14.3. The van der Waals surface area contributed by atoms with Gasteiger partial charge in [-0.3, -0.25) is 19.8 Å². The van der Waals surface area contributed by atoms with E-state index in [2.05, 4.69) is 4.90 Å². The number of benzene rings is 2. The number of nitro groups is 1. The topological polar surface area (TPSA) is 116 Å². The fourth-order valence-corrected chi connectivity index (χ4v) is 8.30. The Morgan fingerprint density at radius 1 is 1.27 bits per heavy atom. The highest BCUT2D eigenvalue weighted by Crippen LogP contribution is 2.67. The lowest BCUT2D eigenvalue weighted by Crippen LogP contribution is -2.78. The van der Waals surface area contributed by atoms with Crippen molar-refractivity contribution in [2.45, 2.75) is 74.7 Å². The molecule has 2 N–H and O–H groups in total. The number of amides is 1. The number of carbonyl (C=O) groups excluding carboxylic acids is 1. The first kappa shape index (κ1) is 25.5. The van der Waals surface area contributed by atoms with Crippen molar-refractivity contribution in [2.75, 3.05) is 20.1 Å². The number of likely N-dealkylation sites (N-methyl/N-ethyl adjacent to an activating group) is 1. The number of hydrogen-bond donors (Lipinski definition) is 2. The van der Waals surface area contributed by atoms with Gasteiger partial charge < -0.3 is 19.8 Å². The molecular formula is C31H35N3O6. The molecule has 1 amide bonds. The summed E-state index contributed by atoms with van der Waals surface area (Å²) in [7, 11) is 1.76. The van der Waals surface area contributed by atoms with Crippen LogP contribution in [0.1, 0.15) is 54.4 Å². The second-order valence-electron chi connectivity index (χ2n) is 12.5. The first-order valence-corrected chi connectivity index (χ1v) is 14.3. The average molecular weight is 546 g/mol. The minimum absolute atomic E-state index is 0.118. The number of likely N-dealkylation sites (tertiary alicyclic amines) is 1. The fourth-order valence-electron chi connectivity index (χ4n) is 8.30. The van der Waals surface area contributed by atoms with Gasteiger partial charge in [-0.25, -0.2) is 0 Å². The van der Waals surface area contributed by atoms with Crippen molar-refractivity contribution in [2.24, 2.45) is 5.92 Å². The molecule has 2 aromatic rings. The molecule has 5 atom stereocenters. The Kier molecular flexibility index (Phi) is 5.61. The van der Waals surface area contributed by atoms with E-state index in [1.165, 1.54) is 18.9 Å². The zero-order valence-electron chi connectivity index (χ0n) is 22.9. The Labute approximate surface area is 233 Å². The quantitative estimate of drug-likeness (QED) is 0.323. The number of nitrogens with zero attached hydrogens (tertiary/aromatic N) is 3. The van der Waals surface area contributed by atoms with E-state index >= 15 is 0 Å². The molecule has 9 nitrogen and oxygen atoms in total. The molecule has 9 heteroatoms. The lowest BCUT2D eigenvalue weighted by molar-refractivity contribution is -0.386. The number of piperidine rings is 1. The highest BCUT2D eigenvalue weighted by Gasteiger charge is 2.74. The number of carbonyl (C=O) groups is 1. The molecule has 0 radical (unpaired) electrons. The third-order valence-corrected chi connectivity index (χ3v) is 10.3. The molecule has 5 aliphatic rings. The van der Waals surface area contributed by atoms with Gasteiger partial charge in [0.25, 0.3) is 5.69 Å². The summed E-state index contributed by atoms with van der Waals surface area (Å²) in [5.41, 5.74) is 0.954. The summed E-state index contributed by atoms with van der Waals surface area (Å²) < 4.78 is 6.53. The number of rotatable bonds is 6. The van der Waals surface area contributed by atoms with Gasteiger partial charge in [-0.05, 0) is 69.6 Å². The van der Waals surface area contributed by atoms with Crippen LogP contribution in [0.4, 0.5) is 5.69 Å². The number of aryl methyl sites for hydroxylation is 1. The molecule has 2 aromatic carbocycles. The molecule has 7 rings (SSSR count). The first-order chi connectivity index (χ1) is 19.1. The number of ether oxygens (including phenoxy) is 1. The molecule has 2 aliphatic heterocycles. The molecule has 2 heterocycles. The Hall–Kier alpha value is -3.43. The van der Waals surface area contributed by atoms with Crippen molar-refractivity contribution in [1.82, 2.24) is 9.80 Å². The summed E-state index contributed by atoms with van der Waals surface area (Å²) in [4.78, 5) is 29.2. The third kappa shape index (κ3) is 3.50. The van der Waals surface area contributed by atoms with Crippen molar-refractivity contribution in [3.63, 3.8) is 0 Å². The van der Waals surface area contributed by atoms with E-state index in [4.69, 9.17) is 4.74 Å². The average Bonchev–Trinajstić information content (AvgIpc) is 3.66.